The van der Waals surface area contributed by atoms with Crippen molar-refractivity contribution in [3.63, 3.8) is 0 Å². The van der Waals surface area contributed by atoms with E-state index in [2.05, 4.69) is 9.97 Å². The number of pyridine rings is 2. The summed E-state index contributed by atoms with van der Waals surface area (Å²) in [5, 5.41) is 0.859. The first-order valence-electron chi connectivity index (χ1n) is 3.73. The van der Waals surface area contributed by atoms with E-state index in [1.54, 1.807) is 12.1 Å². The summed E-state index contributed by atoms with van der Waals surface area (Å²) in [5.74, 6) is 0. The van der Waals surface area contributed by atoms with Gasteiger partial charge >= 0.3 is 0 Å². The van der Waals surface area contributed by atoms with Gasteiger partial charge < -0.3 is 0 Å². The number of halogens is 1. The van der Waals surface area contributed by atoms with Gasteiger partial charge in [-0.3, -0.25) is 4.98 Å². The molecule has 0 aromatic carbocycles. The Bertz CT molecular complexity index is 560. The lowest BCUT2D eigenvalue weighted by Gasteiger charge is -1.98. The summed E-state index contributed by atoms with van der Waals surface area (Å²) in [7, 11) is -2.65. The third-order valence-electron chi connectivity index (χ3n) is 1.76. The van der Waals surface area contributed by atoms with Gasteiger partial charge in [0.25, 0.3) is 0 Å². The molecule has 2 rings (SSSR count). The van der Waals surface area contributed by atoms with E-state index in [1.165, 1.54) is 12.4 Å². The minimum absolute atomic E-state index is 0.168. The second-order valence-corrected chi connectivity index (χ2v) is 4.00. The normalized spacial score (nSPS) is 11.0. The average molecular weight is 229 g/mol. The Hall–Kier alpha value is -1.20. The van der Waals surface area contributed by atoms with Crippen molar-refractivity contribution in [3.05, 3.63) is 29.7 Å². The minimum atomic E-state index is -2.65. The van der Waals surface area contributed by atoms with Crippen LogP contribution in [-0.2, 0) is 10.7 Å². The second-order valence-electron chi connectivity index (χ2n) is 2.62. The van der Waals surface area contributed by atoms with Gasteiger partial charge in [0.2, 0.25) is 0 Å². The third-order valence-corrected chi connectivity index (χ3v) is 2.72. The molecule has 2 aromatic rings. The number of hydrogen-bond acceptors (Lipinski definition) is 4. The number of aromatic nitrogens is 2. The molecule has 72 valence electrons. The summed E-state index contributed by atoms with van der Waals surface area (Å²) in [4.78, 5) is 7.89. The molecule has 0 spiro atoms. The minimum Gasteiger partial charge on any atom is -0.261 e. The maximum atomic E-state index is 10.8. The van der Waals surface area contributed by atoms with Gasteiger partial charge in [0, 0.05) is 11.6 Å². The summed E-state index contributed by atoms with van der Waals surface area (Å²) in [6.45, 7) is 0. The van der Waals surface area contributed by atoms with E-state index in [0.29, 0.717) is 16.1 Å². The molecule has 0 aliphatic rings. The largest absolute Gasteiger partial charge is 0.261 e. The quantitative estimate of drug-likeness (QED) is 0.590. The maximum absolute atomic E-state index is 10.8. The van der Waals surface area contributed by atoms with E-state index < -0.39 is 10.7 Å². The van der Waals surface area contributed by atoms with Gasteiger partial charge in [-0.1, -0.05) is 11.6 Å². The molecular formula is C8H5ClN2O2S. The first-order valence-corrected chi connectivity index (χ1v) is 5.28. The molecule has 14 heavy (non-hydrogen) atoms. The van der Waals surface area contributed by atoms with Gasteiger partial charge in [0.05, 0.1) is 16.6 Å². The Morgan fingerprint density at radius 2 is 2.00 bits per heavy atom. The average Bonchev–Trinajstić information content (AvgIpc) is 2.16. The van der Waals surface area contributed by atoms with E-state index in [9.17, 15) is 8.42 Å². The first-order chi connectivity index (χ1) is 6.68. The van der Waals surface area contributed by atoms with Crippen molar-refractivity contribution in [1.82, 2.24) is 9.97 Å². The molecule has 0 unspecified atom stereocenters. The fourth-order valence-electron chi connectivity index (χ4n) is 1.16. The Morgan fingerprint density at radius 3 is 2.71 bits per heavy atom. The zero-order valence-electron chi connectivity index (χ0n) is 6.85. The van der Waals surface area contributed by atoms with Crippen molar-refractivity contribution in [2.45, 2.75) is 4.90 Å². The van der Waals surface area contributed by atoms with Crippen LogP contribution < -0.4 is 0 Å². The smallest absolute Gasteiger partial charge is 0.170 e. The first kappa shape index (κ1) is 9.36. The fraction of sp³-hybridized carbons (Fsp3) is 0. The summed E-state index contributed by atoms with van der Waals surface area (Å²) in [6, 6.07) is 3.17. The van der Waals surface area contributed by atoms with Crippen LogP contribution in [0.1, 0.15) is 0 Å². The van der Waals surface area contributed by atoms with Crippen molar-refractivity contribution in [3.8, 4) is 0 Å². The second kappa shape index (κ2) is 3.51. The molecule has 0 fully saturated rings. The van der Waals surface area contributed by atoms with Gasteiger partial charge in [-0.15, -0.1) is 0 Å². The van der Waals surface area contributed by atoms with Crippen LogP contribution in [-0.4, -0.2) is 18.4 Å². The predicted octanol–water partition coefficient (Wildman–Crippen LogP) is 1.25. The molecule has 0 aliphatic carbocycles. The molecule has 0 aliphatic heterocycles. The van der Waals surface area contributed by atoms with Crippen LogP contribution >= 0.6 is 11.6 Å². The van der Waals surface area contributed by atoms with Crippen molar-refractivity contribution >= 4 is 33.2 Å². The molecule has 0 N–H and O–H groups in total. The van der Waals surface area contributed by atoms with Crippen LogP contribution in [0.15, 0.2) is 29.4 Å². The molecule has 2 heterocycles. The van der Waals surface area contributed by atoms with E-state index in [1.807, 2.05) is 0 Å². The van der Waals surface area contributed by atoms with Crippen molar-refractivity contribution in [1.29, 1.82) is 0 Å². The summed E-state index contributed by atoms with van der Waals surface area (Å²) >= 11 is 5.66. The van der Waals surface area contributed by atoms with Gasteiger partial charge in [0.15, 0.2) is 10.7 Å². The van der Waals surface area contributed by atoms with Gasteiger partial charge in [0.1, 0.15) is 5.15 Å². The lowest BCUT2D eigenvalue weighted by Crippen LogP contribution is -1.88. The van der Waals surface area contributed by atoms with Crippen LogP contribution in [0.5, 0.6) is 0 Å². The van der Waals surface area contributed by atoms with Gasteiger partial charge in [-0.2, -0.15) is 0 Å². The lowest BCUT2D eigenvalue weighted by molar-refractivity contribution is 0.615. The topological polar surface area (TPSA) is 59.9 Å². The molecular weight excluding hydrogens is 224 g/mol. The van der Waals surface area contributed by atoms with E-state index in [4.69, 9.17) is 11.6 Å². The molecule has 0 saturated carbocycles. The highest BCUT2D eigenvalue weighted by Gasteiger charge is 2.04. The standard InChI is InChI=1S/C8H5ClN2O2S/c9-8-2-1-5-6(11-8)3-10-4-7(5)14(12)13/h1-4,14H. The molecule has 0 amide bonds. The number of thiol groups is 1. The maximum Gasteiger partial charge on any atom is 0.170 e. The lowest BCUT2D eigenvalue weighted by atomic mass is 10.3. The molecule has 0 saturated heterocycles. The zero-order valence-corrected chi connectivity index (χ0v) is 8.50. The number of hydrogen-bond donors (Lipinski definition) is 1. The zero-order chi connectivity index (χ0) is 10.1. The highest BCUT2D eigenvalue weighted by atomic mass is 35.5. The van der Waals surface area contributed by atoms with Gasteiger partial charge in [-0.25, -0.2) is 13.4 Å². The molecule has 0 radical (unpaired) electrons. The van der Waals surface area contributed by atoms with Crippen LogP contribution in [0.4, 0.5) is 0 Å². The Labute approximate surface area is 86.5 Å². The number of nitrogens with zero attached hydrogens (tertiary/aromatic N) is 2. The Balaban J connectivity index is 2.88. The van der Waals surface area contributed by atoms with Crippen molar-refractivity contribution < 1.29 is 8.42 Å². The number of fused-ring (bicyclic) bond motifs is 1. The van der Waals surface area contributed by atoms with Crippen LogP contribution in [0.2, 0.25) is 5.15 Å². The monoisotopic (exact) mass is 228 g/mol. The predicted molar refractivity (Wildman–Crippen MR) is 53.1 cm³/mol. The van der Waals surface area contributed by atoms with E-state index in [0.717, 1.165) is 0 Å². The SMILES string of the molecule is O=[SH](=O)c1cncc2nc(Cl)ccc12. The van der Waals surface area contributed by atoms with Crippen LogP contribution in [0.3, 0.4) is 0 Å². The number of rotatable bonds is 1. The molecule has 6 heteroatoms. The van der Waals surface area contributed by atoms with Crippen LogP contribution in [0, 0.1) is 0 Å². The summed E-state index contributed by atoms with van der Waals surface area (Å²) in [6.07, 6.45) is 2.77. The third kappa shape index (κ3) is 1.56. The molecule has 4 nitrogen and oxygen atoms in total. The fourth-order valence-corrected chi connectivity index (χ4v) is 1.86. The van der Waals surface area contributed by atoms with Crippen molar-refractivity contribution in [2.24, 2.45) is 0 Å². The highest BCUT2D eigenvalue weighted by molar-refractivity contribution is 7.72. The van der Waals surface area contributed by atoms with Gasteiger partial charge in [-0.05, 0) is 12.1 Å². The Morgan fingerprint density at radius 1 is 1.21 bits per heavy atom. The summed E-state index contributed by atoms with van der Waals surface area (Å²) in [5.41, 5.74) is 0.481. The van der Waals surface area contributed by atoms with E-state index in [-0.39, 0.29) is 4.90 Å². The van der Waals surface area contributed by atoms with Crippen molar-refractivity contribution in [2.75, 3.05) is 0 Å². The Kier molecular flexibility index (Phi) is 2.35. The molecule has 0 bridgehead atoms. The molecule has 0 atom stereocenters. The highest BCUT2D eigenvalue weighted by Crippen LogP contribution is 2.18. The van der Waals surface area contributed by atoms with Crippen LogP contribution in [0.25, 0.3) is 10.9 Å². The molecule has 2 aromatic heterocycles. The summed E-state index contributed by atoms with van der Waals surface area (Å²) < 4.78 is 21.7. The van der Waals surface area contributed by atoms with E-state index >= 15 is 0 Å².